The number of benzene rings is 1. The Bertz CT molecular complexity index is 467. The van der Waals surface area contributed by atoms with Crippen molar-refractivity contribution >= 4 is 15.5 Å². The molecule has 0 aliphatic carbocycles. The quantitative estimate of drug-likeness (QED) is 0.630. The van der Waals surface area contributed by atoms with Crippen LogP contribution in [0.4, 0.5) is 5.69 Å². The zero-order chi connectivity index (χ0) is 10.3. The van der Waals surface area contributed by atoms with E-state index < -0.39 is 15.1 Å². The summed E-state index contributed by atoms with van der Waals surface area (Å²) in [6.45, 7) is 2.06. The van der Waals surface area contributed by atoms with Gasteiger partial charge in [0, 0.05) is 12.6 Å². The molecule has 1 atom stereocenters. The molecule has 0 fully saturated rings. The first-order valence-electron chi connectivity index (χ1n) is 4.32. The lowest BCUT2D eigenvalue weighted by atomic mass is 10.3. The van der Waals surface area contributed by atoms with E-state index in [-0.39, 0.29) is 10.6 Å². The fourth-order valence-electron chi connectivity index (χ4n) is 1.47. The summed E-state index contributed by atoms with van der Waals surface area (Å²) in [6.07, 6.45) is 0. The van der Waals surface area contributed by atoms with Crippen LogP contribution in [-0.4, -0.2) is 25.3 Å². The van der Waals surface area contributed by atoms with E-state index in [1.165, 1.54) is 12.1 Å². The van der Waals surface area contributed by atoms with Crippen molar-refractivity contribution in [2.45, 2.75) is 17.1 Å². The highest BCUT2D eigenvalue weighted by molar-refractivity contribution is 7.92. The van der Waals surface area contributed by atoms with Crippen LogP contribution in [0.2, 0.25) is 0 Å². The second kappa shape index (κ2) is 2.88. The Kier molecular flexibility index (Phi) is 1.92. The monoisotopic (exact) mass is 213 g/mol. The molecule has 0 bridgehead atoms. The van der Waals surface area contributed by atoms with Crippen LogP contribution in [0.1, 0.15) is 6.92 Å². The summed E-state index contributed by atoms with van der Waals surface area (Å²) in [6, 6.07) is 4.33. The fraction of sp³-hybridized carbons (Fsp3) is 0.333. The summed E-state index contributed by atoms with van der Waals surface area (Å²) in [5.41, 5.74) is 0.570. The summed E-state index contributed by atoms with van der Waals surface area (Å²) in [5.74, 6) is -0.0248. The van der Waals surface area contributed by atoms with Crippen molar-refractivity contribution in [2.24, 2.45) is 0 Å². The van der Waals surface area contributed by atoms with Crippen LogP contribution in [0.15, 0.2) is 23.1 Å². The average Bonchev–Trinajstić information content (AvgIpc) is 2.13. The van der Waals surface area contributed by atoms with E-state index in [1.54, 1.807) is 13.0 Å². The third-order valence-corrected chi connectivity index (χ3v) is 4.56. The van der Waals surface area contributed by atoms with Crippen LogP contribution in [0.5, 0.6) is 5.75 Å². The maximum absolute atomic E-state index is 11.8. The van der Waals surface area contributed by atoms with Crippen LogP contribution in [-0.2, 0) is 9.84 Å². The molecule has 2 N–H and O–H groups in total. The molecule has 0 spiro atoms. The van der Waals surface area contributed by atoms with Crippen molar-refractivity contribution in [3.8, 4) is 5.75 Å². The van der Waals surface area contributed by atoms with Gasteiger partial charge in [-0.2, -0.15) is 0 Å². The Morgan fingerprint density at radius 2 is 2.21 bits per heavy atom. The van der Waals surface area contributed by atoms with Gasteiger partial charge in [0.1, 0.15) is 5.75 Å². The highest BCUT2D eigenvalue weighted by atomic mass is 32.2. The maximum Gasteiger partial charge on any atom is 0.184 e. The maximum atomic E-state index is 11.8. The van der Waals surface area contributed by atoms with E-state index in [0.717, 1.165) is 0 Å². The van der Waals surface area contributed by atoms with Crippen LogP contribution in [0.25, 0.3) is 0 Å². The van der Waals surface area contributed by atoms with Gasteiger partial charge in [-0.15, -0.1) is 0 Å². The molecule has 0 saturated carbocycles. The van der Waals surface area contributed by atoms with Gasteiger partial charge in [-0.25, -0.2) is 8.42 Å². The van der Waals surface area contributed by atoms with E-state index in [0.29, 0.717) is 12.2 Å². The molecule has 1 aliphatic heterocycles. The number of fused-ring (bicyclic) bond motifs is 1. The Labute approximate surface area is 82.5 Å². The van der Waals surface area contributed by atoms with Crippen molar-refractivity contribution in [1.82, 2.24) is 0 Å². The largest absolute Gasteiger partial charge is 0.508 e. The molecule has 5 heteroatoms. The van der Waals surface area contributed by atoms with Crippen molar-refractivity contribution in [3.63, 3.8) is 0 Å². The zero-order valence-electron chi connectivity index (χ0n) is 7.69. The van der Waals surface area contributed by atoms with Gasteiger partial charge in [-0.1, -0.05) is 0 Å². The number of rotatable bonds is 0. The first-order chi connectivity index (χ1) is 6.51. The molecule has 0 radical (unpaired) electrons. The lowest BCUT2D eigenvalue weighted by Crippen LogP contribution is -2.31. The molecule has 1 aliphatic rings. The predicted molar refractivity (Wildman–Crippen MR) is 53.2 cm³/mol. The zero-order valence-corrected chi connectivity index (χ0v) is 8.50. The Balaban J connectivity index is 2.68. The van der Waals surface area contributed by atoms with Gasteiger partial charge in [-0.3, -0.25) is 0 Å². The Morgan fingerprint density at radius 1 is 1.50 bits per heavy atom. The Morgan fingerprint density at radius 3 is 2.93 bits per heavy atom. The minimum absolute atomic E-state index is 0.0248. The SMILES string of the molecule is CC1CNc2ccc(O)cc2S1(=O)=O. The highest BCUT2D eigenvalue weighted by Crippen LogP contribution is 2.31. The molecule has 76 valence electrons. The number of hydrogen-bond acceptors (Lipinski definition) is 4. The Hall–Kier alpha value is -1.23. The molecular formula is C9H11NO3S. The standard InChI is InChI=1S/C9H11NO3S/c1-6-5-10-8-3-2-7(11)4-9(8)14(6,12)13/h2-4,6,10-11H,5H2,1H3. The first kappa shape index (κ1) is 9.33. The lowest BCUT2D eigenvalue weighted by molar-refractivity contribution is 0.473. The van der Waals surface area contributed by atoms with Crippen LogP contribution in [0, 0.1) is 0 Å². The molecule has 1 heterocycles. The first-order valence-corrected chi connectivity index (χ1v) is 5.87. The van der Waals surface area contributed by atoms with Gasteiger partial charge < -0.3 is 10.4 Å². The molecular weight excluding hydrogens is 202 g/mol. The topological polar surface area (TPSA) is 66.4 Å². The molecule has 1 aromatic carbocycles. The summed E-state index contributed by atoms with van der Waals surface area (Å²) in [7, 11) is -3.27. The van der Waals surface area contributed by atoms with Crippen molar-refractivity contribution in [3.05, 3.63) is 18.2 Å². The van der Waals surface area contributed by atoms with E-state index in [2.05, 4.69) is 5.32 Å². The van der Waals surface area contributed by atoms with Gasteiger partial charge in [0.05, 0.1) is 15.8 Å². The number of anilines is 1. The van der Waals surface area contributed by atoms with Gasteiger partial charge in [0.15, 0.2) is 9.84 Å². The van der Waals surface area contributed by atoms with Gasteiger partial charge >= 0.3 is 0 Å². The van der Waals surface area contributed by atoms with Crippen molar-refractivity contribution in [2.75, 3.05) is 11.9 Å². The third kappa shape index (κ3) is 1.24. The van der Waals surface area contributed by atoms with Crippen molar-refractivity contribution in [1.29, 1.82) is 0 Å². The molecule has 0 amide bonds. The van der Waals surface area contributed by atoms with E-state index >= 15 is 0 Å². The second-order valence-electron chi connectivity index (χ2n) is 3.42. The average molecular weight is 213 g/mol. The molecule has 0 saturated heterocycles. The summed E-state index contributed by atoms with van der Waals surface area (Å²) >= 11 is 0. The molecule has 14 heavy (non-hydrogen) atoms. The summed E-state index contributed by atoms with van der Waals surface area (Å²) in [4.78, 5) is 0.191. The minimum Gasteiger partial charge on any atom is -0.508 e. The van der Waals surface area contributed by atoms with Gasteiger partial charge in [-0.05, 0) is 19.1 Å². The fourth-order valence-corrected chi connectivity index (χ4v) is 2.94. The van der Waals surface area contributed by atoms with E-state index in [1.807, 2.05) is 0 Å². The number of hydrogen-bond donors (Lipinski definition) is 2. The van der Waals surface area contributed by atoms with E-state index in [9.17, 15) is 13.5 Å². The minimum atomic E-state index is -3.27. The van der Waals surface area contributed by atoms with E-state index in [4.69, 9.17) is 0 Å². The molecule has 1 aromatic rings. The number of sulfone groups is 1. The number of phenolic OH excluding ortho intramolecular Hbond substituents is 1. The summed E-state index contributed by atoms with van der Waals surface area (Å²) < 4.78 is 23.6. The molecule has 4 nitrogen and oxygen atoms in total. The number of phenols is 1. The normalized spacial score (nSPS) is 23.6. The molecule has 0 aromatic heterocycles. The predicted octanol–water partition coefficient (Wildman–Crippen LogP) is 0.980. The smallest absolute Gasteiger partial charge is 0.184 e. The second-order valence-corrected chi connectivity index (χ2v) is 5.75. The summed E-state index contributed by atoms with van der Waals surface area (Å²) in [5, 5.41) is 11.8. The van der Waals surface area contributed by atoms with Crippen LogP contribution >= 0.6 is 0 Å². The number of nitrogens with one attached hydrogen (secondary N) is 1. The third-order valence-electron chi connectivity index (χ3n) is 2.38. The molecule has 1 unspecified atom stereocenters. The van der Waals surface area contributed by atoms with Crippen LogP contribution < -0.4 is 5.32 Å². The van der Waals surface area contributed by atoms with Gasteiger partial charge in [0.25, 0.3) is 0 Å². The van der Waals surface area contributed by atoms with Gasteiger partial charge in [0.2, 0.25) is 0 Å². The van der Waals surface area contributed by atoms with Crippen molar-refractivity contribution < 1.29 is 13.5 Å². The highest BCUT2D eigenvalue weighted by Gasteiger charge is 2.30. The lowest BCUT2D eigenvalue weighted by Gasteiger charge is -2.23. The molecule has 2 rings (SSSR count). The van der Waals surface area contributed by atoms with Crippen LogP contribution in [0.3, 0.4) is 0 Å². The number of aromatic hydroxyl groups is 1.